The molecule has 0 atom stereocenters. The minimum atomic E-state index is 0. The van der Waals surface area contributed by atoms with E-state index in [4.69, 9.17) is 0 Å². The van der Waals surface area contributed by atoms with Crippen molar-refractivity contribution in [3.05, 3.63) is 42.5 Å². The largest absolute Gasteiger partial charge is 0.508 e. The molecule has 76 valence electrons. The van der Waals surface area contributed by atoms with Gasteiger partial charge in [0.25, 0.3) is 0 Å². The van der Waals surface area contributed by atoms with E-state index in [-0.39, 0.29) is 76.9 Å². The Kier molecular flexibility index (Phi) is 6.96. The number of hydrogen-bond acceptors (Lipinski definition) is 2. The van der Waals surface area contributed by atoms with Crippen molar-refractivity contribution in [2.45, 2.75) is 0 Å². The van der Waals surface area contributed by atoms with E-state index >= 15 is 0 Å². The minimum absolute atomic E-state index is 0. The number of phenolic OH excluding ortho intramolecular Hbond substituents is 2. The second-order valence-corrected chi connectivity index (χ2v) is 3.15. The molecular formula is C12H10O2Y2. The van der Waals surface area contributed by atoms with Crippen LogP contribution < -0.4 is 0 Å². The quantitative estimate of drug-likeness (QED) is 0.817. The van der Waals surface area contributed by atoms with Crippen molar-refractivity contribution < 1.29 is 75.6 Å². The van der Waals surface area contributed by atoms with E-state index in [2.05, 4.69) is 6.58 Å². The van der Waals surface area contributed by atoms with E-state index in [1.54, 1.807) is 12.1 Å². The van der Waals surface area contributed by atoms with E-state index < -0.39 is 0 Å². The summed E-state index contributed by atoms with van der Waals surface area (Å²) in [6.45, 7) is 3.65. The zero-order valence-corrected chi connectivity index (χ0v) is 14.4. The molecule has 0 saturated heterocycles. The number of rotatable bonds is 1. The van der Waals surface area contributed by atoms with E-state index in [9.17, 15) is 10.2 Å². The molecule has 2 aromatic rings. The van der Waals surface area contributed by atoms with Gasteiger partial charge in [-0.25, -0.2) is 0 Å². The van der Waals surface area contributed by atoms with E-state index in [1.807, 2.05) is 18.2 Å². The molecule has 0 saturated carbocycles. The molecule has 0 unspecified atom stereocenters. The van der Waals surface area contributed by atoms with Crippen LogP contribution in [0.25, 0.3) is 16.8 Å². The summed E-state index contributed by atoms with van der Waals surface area (Å²) in [5, 5.41) is 20.4. The van der Waals surface area contributed by atoms with Crippen LogP contribution in [-0.4, -0.2) is 10.2 Å². The van der Waals surface area contributed by atoms with Crippen LogP contribution in [0.15, 0.2) is 36.9 Å². The molecule has 0 spiro atoms. The van der Waals surface area contributed by atoms with E-state index in [0.717, 1.165) is 16.3 Å². The molecule has 2 rings (SSSR count). The summed E-state index contributed by atoms with van der Waals surface area (Å²) in [5.74, 6) is 0.157. The van der Waals surface area contributed by atoms with Gasteiger partial charge in [0, 0.05) is 76.9 Å². The van der Waals surface area contributed by atoms with Crippen LogP contribution in [0.2, 0.25) is 0 Å². The summed E-state index contributed by atoms with van der Waals surface area (Å²) < 4.78 is 0. The fraction of sp³-hybridized carbons (Fsp3) is 0. The summed E-state index contributed by atoms with van der Waals surface area (Å²) in [6, 6.07) is 8.49. The number of hydrogen-bond donors (Lipinski definition) is 2. The monoisotopic (exact) mass is 364 g/mol. The molecule has 4 heteroatoms. The summed E-state index contributed by atoms with van der Waals surface area (Å²) >= 11 is 0. The minimum Gasteiger partial charge on any atom is -0.508 e. The molecule has 0 heterocycles. The first-order valence-electron chi connectivity index (χ1n) is 4.29. The first kappa shape index (κ1) is 16.2. The maximum atomic E-state index is 9.58. The van der Waals surface area contributed by atoms with Crippen molar-refractivity contribution in [1.29, 1.82) is 0 Å². The Labute approximate surface area is 145 Å². The number of phenols is 2. The molecule has 2 radical (unpaired) electrons. The maximum Gasteiger partial charge on any atom is 0.127 e. The van der Waals surface area contributed by atoms with Crippen molar-refractivity contribution in [3.63, 3.8) is 0 Å². The predicted molar refractivity (Wildman–Crippen MR) is 57.4 cm³/mol. The van der Waals surface area contributed by atoms with Gasteiger partial charge in [0.1, 0.15) is 11.5 Å². The van der Waals surface area contributed by atoms with Crippen molar-refractivity contribution in [2.75, 3.05) is 0 Å². The Balaban J connectivity index is 0.00000112. The number of fused-ring (bicyclic) bond motifs is 1. The second kappa shape index (κ2) is 6.86. The Morgan fingerprint density at radius 1 is 1.00 bits per heavy atom. The van der Waals surface area contributed by atoms with Gasteiger partial charge in [-0.15, -0.1) is 0 Å². The molecule has 0 aliphatic rings. The van der Waals surface area contributed by atoms with Gasteiger partial charge in [-0.3, -0.25) is 0 Å². The van der Waals surface area contributed by atoms with Crippen LogP contribution in [0, 0.1) is 0 Å². The molecule has 2 aromatic carbocycles. The van der Waals surface area contributed by atoms with Crippen LogP contribution in [-0.2, 0) is 65.4 Å². The third-order valence-corrected chi connectivity index (χ3v) is 2.18. The van der Waals surface area contributed by atoms with Gasteiger partial charge in [-0.05, 0) is 23.1 Å². The van der Waals surface area contributed by atoms with Crippen LogP contribution in [0.4, 0.5) is 0 Å². The molecule has 0 bridgehead atoms. The maximum absolute atomic E-state index is 9.58. The van der Waals surface area contributed by atoms with Crippen molar-refractivity contribution in [1.82, 2.24) is 0 Å². The standard InChI is InChI=1S/C12H10O2.2Y/c1-2-8-3-4-9-6-10(13)7-12(14)11(9)5-8;;/h2-7,13-14H,1H2;;. The Morgan fingerprint density at radius 2 is 1.69 bits per heavy atom. The Morgan fingerprint density at radius 3 is 2.31 bits per heavy atom. The van der Waals surface area contributed by atoms with Crippen molar-refractivity contribution >= 4 is 16.8 Å². The van der Waals surface area contributed by atoms with Gasteiger partial charge in [0.2, 0.25) is 0 Å². The summed E-state index contributed by atoms with van der Waals surface area (Å²) in [5.41, 5.74) is 0.943. The van der Waals surface area contributed by atoms with Gasteiger partial charge in [0.05, 0.1) is 0 Å². The fourth-order valence-corrected chi connectivity index (χ4v) is 1.47. The molecule has 0 aliphatic heterocycles. The smallest absolute Gasteiger partial charge is 0.127 e. The van der Waals surface area contributed by atoms with Gasteiger partial charge in [-0.1, -0.05) is 24.8 Å². The normalized spacial score (nSPS) is 9.00. The summed E-state index contributed by atoms with van der Waals surface area (Å²) in [7, 11) is 0. The molecule has 0 aliphatic carbocycles. The Bertz CT molecular complexity index is 510. The third kappa shape index (κ3) is 3.37. The Hall–Kier alpha value is 0.248. The summed E-state index contributed by atoms with van der Waals surface area (Å²) in [6.07, 6.45) is 1.71. The SMILES string of the molecule is C=Cc1ccc2cc(O)cc(O)c2c1.[Y].[Y]. The van der Waals surface area contributed by atoms with Gasteiger partial charge in [-0.2, -0.15) is 0 Å². The first-order chi connectivity index (χ1) is 6.70. The molecule has 0 fully saturated rings. The number of aromatic hydroxyl groups is 2. The van der Waals surface area contributed by atoms with Gasteiger partial charge in [0.15, 0.2) is 0 Å². The molecule has 16 heavy (non-hydrogen) atoms. The van der Waals surface area contributed by atoms with Gasteiger partial charge < -0.3 is 10.2 Å². The second-order valence-electron chi connectivity index (χ2n) is 3.15. The first-order valence-corrected chi connectivity index (χ1v) is 4.29. The molecular weight excluding hydrogens is 354 g/mol. The van der Waals surface area contributed by atoms with Crippen LogP contribution in [0.3, 0.4) is 0 Å². The molecule has 0 amide bonds. The van der Waals surface area contributed by atoms with Crippen molar-refractivity contribution in [2.24, 2.45) is 0 Å². The van der Waals surface area contributed by atoms with Gasteiger partial charge >= 0.3 is 0 Å². The zero-order chi connectivity index (χ0) is 10.1. The topological polar surface area (TPSA) is 40.5 Å². The van der Waals surface area contributed by atoms with E-state index in [1.165, 1.54) is 6.07 Å². The third-order valence-electron chi connectivity index (χ3n) is 2.18. The molecule has 0 aromatic heterocycles. The predicted octanol–water partition coefficient (Wildman–Crippen LogP) is 2.89. The van der Waals surface area contributed by atoms with Crippen LogP contribution in [0.5, 0.6) is 11.5 Å². The summed E-state index contributed by atoms with van der Waals surface area (Å²) in [4.78, 5) is 0. The average molecular weight is 364 g/mol. The zero-order valence-electron chi connectivity index (χ0n) is 8.72. The van der Waals surface area contributed by atoms with Crippen LogP contribution in [0.1, 0.15) is 5.56 Å². The molecule has 2 nitrogen and oxygen atoms in total. The number of benzene rings is 2. The molecule has 2 N–H and O–H groups in total. The van der Waals surface area contributed by atoms with E-state index in [0.29, 0.717) is 0 Å². The van der Waals surface area contributed by atoms with Crippen molar-refractivity contribution in [3.8, 4) is 11.5 Å². The average Bonchev–Trinajstić information content (AvgIpc) is 2.17. The fourth-order valence-electron chi connectivity index (χ4n) is 1.47. The van der Waals surface area contributed by atoms with Crippen LogP contribution >= 0.6 is 0 Å².